The molecule has 0 saturated carbocycles. The predicted octanol–water partition coefficient (Wildman–Crippen LogP) is 2.73. The van der Waals surface area contributed by atoms with Crippen molar-refractivity contribution in [2.45, 2.75) is 18.7 Å². The number of nitro groups is 1. The summed E-state index contributed by atoms with van der Waals surface area (Å²) in [5, 5.41) is 19.6. The maximum atomic E-state index is 10.4. The Balaban J connectivity index is 1.58. The number of furan rings is 1. The van der Waals surface area contributed by atoms with Crippen molar-refractivity contribution in [3.05, 3.63) is 81.7 Å². The average Bonchev–Trinajstić information content (AvgIpc) is 3.12. The van der Waals surface area contributed by atoms with E-state index in [1.165, 1.54) is 5.56 Å². The first-order valence-electron chi connectivity index (χ1n) is 8.84. The number of rotatable bonds is 13. The first-order chi connectivity index (χ1) is 13.2. The molecule has 0 aliphatic carbocycles. The van der Waals surface area contributed by atoms with Crippen LogP contribution in [0.3, 0.4) is 0 Å². The molecule has 1 aromatic carbocycles. The molecular weight excluding hydrogens is 364 g/mol. The van der Waals surface area contributed by atoms with Crippen molar-refractivity contribution in [2.75, 3.05) is 25.9 Å². The van der Waals surface area contributed by atoms with Gasteiger partial charge in [-0.3, -0.25) is 10.1 Å². The largest absolute Gasteiger partial charge is 0.464 e. The fourth-order valence-electron chi connectivity index (χ4n) is 2.42. The van der Waals surface area contributed by atoms with Crippen molar-refractivity contribution in [1.82, 2.24) is 16.0 Å². The molecule has 0 aliphatic rings. The maximum Gasteiger partial charge on any atom is 0.274 e. The van der Waals surface area contributed by atoms with Crippen molar-refractivity contribution < 1.29 is 9.34 Å². The molecule has 0 saturated heterocycles. The highest BCUT2D eigenvalue weighted by Gasteiger charge is 2.03. The smallest absolute Gasteiger partial charge is 0.274 e. The standard InChI is InChI=1S/C19H26N4O3S/c1-20-19(14-23(24)25)22-11-12-27-15-18-8-7-17(26-18)13-21-10-9-16-5-3-2-4-6-16/h2-8,14,20-22H,9-13,15H2,1H3/b19-14-. The Kier molecular flexibility index (Phi) is 9.29. The van der Waals surface area contributed by atoms with E-state index in [0.29, 0.717) is 12.4 Å². The van der Waals surface area contributed by atoms with E-state index >= 15 is 0 Å². The second kappa shape index (κ2) is 12.0. The van der Waals surface area contributed by atoms with E-state index in [2.05, 4.69) is 40.2 Å². The van der Waals surface area contributed by atoms with Gasteiger partial charge in [-0.15, -0.1) is 0 Å². The fourth-order valence-corrected chi connectivity index (χ4v) is 3.17. The van der Waals surface area contributed by atoms with Crippen LogP contribution in [0.4, 0.5) is 0 Å². The van der Waals surface area contributed by atoms with Crippen LogP contribution in [-0.4, -0.2) is 30.8 Å². The van der Waals surface area contributed by atoms with Crippen molar-refractivity contribution in [2.24, 2.45) is 0 Å². The molecule has 3 N–H and O–H groups in total. The zero-order valence-corrected chi connectivity index (χ0v) is 16.3. The Morgan fingerprint density at radius 3 is 2.70 bits per heavy atom. The number of nitrogens with zero attached hydrogens (tertiary/aromatic N) is 1. The van der Waals surface area contributed by atoms with Crippen molar-refractivity contribution >= 4 is 11.8 Å². The minimum Gasteiger partial charge on any atom is -0.464 e. The third kappa shape index (κ3) is 8.65. The lowest BCUT2D eigenvalue weighted by atomic mass is 10.1. The third-order valence-electron chi connectivity index (χ3n) is 3.76. The molecule has 0 unspecified atom stereocenters. The van der Waals surface area contributed by atoms with Gasteiger partial charge in [-0.1, -0.05) is 30.3 Å². The first-order valence-corrected chi connectivity index (χ1v) is 10.00. The molecule has 0 spiro atoms. The Hall–Kier alpha value is -2.45. The van der Waals surface area contributed by atoms with Crippen LogP contribution in [0.5, 0.6) is 0 Å². The topological polar surface area (TPSA) is 92.4 Å². The highest BCUT2D eigenvalue weighted by Crippen LogP contribution is 2.15. The summed E-state index contributed by atoms with van der Waals surface area (Å²) < 4.78 is 5.82. The SMILES string of the molecule is CN/C(=C/[N+](=O)[O-])NCCSCc1ccc(CNCCc2ccccc2)o1. The van der Waals surface area contributed by atoms with Crippen molar-refractivity contribution in [3.8, 4) is 0 Å². The van der Waals surface area contributed by atoms with Gasteiger partial charge in [0.05, 0.1) is 17.2 Å². The van der Waals surface area contributed by atoms with Gasteiger partial charge in [-0.25, -0.2) is 0 Å². The van der Waals surface area contributed by atoms with Gasteiger partial charge in [0.2, 0.25) is 0 Å². The van der Waals surface area contributed by atoms with Crippen LogP contribution in [-0.2, 0) is 18.7 Å². The Morgan fingerprint density at radius 1 is 1.19 bits per heavy atom. The highest BCUT2D eigenvalue weighted by atomic mass is 32.2. The lowest BCUT2D eigenvalue weighted by Gasteiger charge is -2.07. The van der Waals surface area contributed by atoms with E-state index in [1.807, 2.05) is 18.2 Å². The molecule has 0 fully saturated rings. The van der Waals surface area contributed by atoms with E-state index < -0.39 is 4.92 Å². The molecule has 27 heavy (non-hydrogen) atoms. The monoisotopic (exact) mass is 390 g/mol. The van der Waals surface area contributed by atoms with Crippen LogP contribution >= 0.6 is 11.8 Å². The van der Waals surface area contributed by atoms with E-state index in [9.17, 15) is 10.1 Å². The quantitative estimate of drug-likeness (QED) is 0.275. The maximum absolute atomic E-state index is 10.4. The van der Waals surface area contributed by atoms with Gasteiger partial charge in [0.15, 0.2) is 5.82 Å². The molecule has 146 valence electrons. The van der Waals surface area contributed by atoms with E-state index in [1.54, 1.807) is 18.8 Å². The number of thioether (sulfide) groups is 1. The van der Waals surface area contributed by atoms with Crippen LogP contribution in [0.1, 0.15) is 17.1 Å². The van der Waals surface area contributed by atoms with Gasteiger partial charge in [0, 0.05) is 19.3 Å². The molecule has 1 heterocycles. The second-order valence-electron chi connectivity index (χ2n) is 5.84. The number of nitrogens with one attached hydrogen (secondary N) is 3. The normalized spacial score (nSPS) is 11.4. The predicted molar refractivity (Wildman–Crippen MR) is 109 cm³/mol. The molecule has 2 rings (SSSR count). The minimum atomic E-state index is -0.482. The molecule has 0 radical (unpaired) electrons. The van der Waals surface area contributed by atoms with Crippen LogP contribution < -0.4 is 16.0 Å². The van der Waals surface area contributed by atoms with E-state index in [0.717, 1.165) is 48.7 Å². The van der Waals surface area contributed by atoms with Crippen LogP contribution in [0, 0.1) is 10.1 Å². The molecular formula is C19H26N4O3S. The third-order valence-corrected chi connectivity index (χ3v) is 4.74. The number of hydrogen-bond donors (Lipinski definition) is 3. The summed E-state index contributed by atoms with van der Waals surface area (Å²) in [7, 11) is 1.65. The van der Waals surface area contributed by atoms with Gasteiger partial charge in [0.25, 0.3) is 6.20 Å². The zero-order chi connectivity index (χ0) is 19.3. The molecule has 0 aliphatic heterocycles. The lowest BCUT2D eigenvalue weighted by molar-refractivity contribution is -0.404. The Bertz CT molecular complexity index is 719. The summed E-state index contributed by atoms with van der Waals surface area (Å²) in [6, 6.07) is 14.4. The molecule has 7 nitrogen and oxygen atoms in total. The van der Waals surface area contributed by atoms with Crippen LogP contribution in [0.2, 0.25) is 0 Å². The first kappa shape index (κ1) is 20.9. The summed E-state index contributed by atoms with van der Waals surface area (Å²) in [5.41, 5.74) is 1.32. The van der Waals surface area contributed by atoms with Gasteiger partial charge >= 0.3 is 0 Å². The number of hydrogen-bond acceptors (Lipinski definition) is 7. The fraction of sp³-hybridized carbons (Fsp3) is 0.368. The van der Waals surface area contributed by atoms with Crippen LogP contribution in [0.15, 0.2) is 58.9 Å². The van der Waals surface area contributed by atoms with Gasteiger partial charge in [0.1, 0.15) is 11.5 Å². The molecule has 0 bridgehead atoms. The molecule has 2 aromatic rings. The van der Waals surface area contributed by atoms with Gasteiger partial charge < -0.3 is 20.4 Å². The Morgan fingerprint density at radius 2 is 1.96 bits per heavy atom. The highest BCUT2D eigenvalue weighted by molar-refractivity contribution is 7.98. The summed E-state index contributed by atoms with van der Waals surface area (Å²) in [4.78, 5) is 9.96. The minimum absolute atomic E-state index is 0.405. The molecule has 0 atom stereocenters. The number of benzene rings is 1. The summed E-state index contributed by atoms with van der Waals surface area (Å²) >= 11 is 1.72. The van der Waals surface area contributed by atoms with E-state index in [4.69, 9.17) is 4.42 Å². The average molecular weight is 391 g/mol. The summed E-state index contributed by atoms with van der Waals surface area (Å²) in [6.07, 6.45) is 1.92. The van der Waals surface area contributed by atoms with Crippen LogP contribution in [0.25, 0.3) is 0 Å². The molecule has 0 amide bonds. The van der Waals surface area contributed by atoms with Gasteiger partial charge in [-0.05, 0) is 30.7 Å². The van der Waals surface area contributed by atoms with Gasteiger partial charge in [-0.2, -0.15) is 11.8 Å². The summed E-state index contributed by atoms with van der Waals surface area (Å²) in [6.45, 7) is 2.27. The second-order valence-corrected chi connectivity index (χ2v) is 6.94. The Labute approximate surface area is 163 Å². The van der Waals surface area contributed by atoms with E-state index in [-0.39, 0.29) is 0 Å². The molecule has 8 heteroatoms. The lowest BCUT2D eigenvalue weighted by Crippen LogP contribution is -2.26. The molecule has 1 aromatic heterocycles. The van der Waals surface area contributed by atoms with Crippen molar-refractivity contribution in [3.63, 3.8) is 0 Å². The van der Waals surface area contributed by atoms with Crippen molar-refractivity contribution in [1.29, 1.82) is 0 Å². The summed E-state index contributed by atoms with van der Waals surface area (Å²) in [5.74, 6) is 3.88. The zero-order valence-electron chi connectivity index (χ0n) is 15.4.